The van der Waals surface area contributed by atoms with Gasteiger partial charge in [0.2, 0.25) is 0 Å². The summed E-state index contributed by atoms with van der Waals surface area (Å²) in [5.74, 6) is -1.96. The van der Waals surface area contributed by atoms with Crippen LogP contribution in [-0.2, 0) is 32.2 Å². The molecule has 0 bridgehead atoms. The zero-order valence-corrected chi connectivity index (χ0v) is 21.4. The van der Waals surface area contributed by atoms with Crippen LogP contribution in [0.25, 0.3) is 15.4 Å². The van der Waals surface area contributed by atoms with Crippen molar-refractivity contribution in [2.45, 2.75) is 37.4 Å². The number of thiophene rings is 1. The summed E-state index contributed by atoms with van der Waals surface area (Å²) in [5, 5.41) is 9.78. The molecule has 2 aromatic heterocycles. The van der Waals surface area contributed by atoms with Crippen LogP contribution in [0, 0.1) is 0 Å². The third kappa shape index (κ3) is 5.21. The molecule has 1 unspecified atom stereocenters. The minimum absolute atomic E-state index is 0.0396. The first-order valence-electron chi connectivity index (χ1n) is 9.86. The SMILES string of the molecule is CCOC(=O)C(C)c1nc(C(F)(F)F)c(Br)n1-c1ccc(-c2ccc(CO)c(S(C)(=O)=O)c2)s1. The second kappa shape index (κ2) is 9.80. The summed E-state index contributed by atoms with van der Waals surface area (Å²) >= 11 is 4.06. The van der Waals surface area contributed by atoms with Crippen LogP contribution in [0.15, 0.2) is 39.8 Å². The summed E-state index contributed by atoms with van der Waals surface area (Å²) in [6, 6.07) is 7.67. The number of aromatic nitrogens is 2. The van der Waals surface area contributed by atoms with Gasteiger partial charge in [0, 0.05) is 11.1 Å². The highest BCUT2D eigenvalue weighted by atomic mass is 79.9. The fraction of sp³-hybridized carbons (Fsp3) is 0.333. The van der Waals surface area contributed by atoms with Gasteiger partial charge in [-0.25, -0.2) is 13.4 Å². The van der Waals surface area contributed by atoms with Crippen LogP contribution in [-0.4, -0.2) is 41.9 Å². The van der Waals surface area contributed by atoms with Gasteiger partial charge >= 0.3 is 12.1 Å². The summed E-state index contributed by atoms with van der Waals surface area (Å²) in [5.41, 5.74) is -0.442. The van der Waals surface area contributed by atoms with E-state index in [-0.39, 0.29) is 27.5 Å². The highest BCUT2D eigenvalue weighted by Crippen LogP contribution is 2.41. The van der Waals surface area contributed by atoms with Crippen LogP contribution in [0.2, 0.25) is 0 Å². The van der Waals surface area contributed by atoms with Crippen LogP contribution in [0.3, 0.4) is 0 Å². The normalized spacial score (nSPS) is 13.2. The third-order valence-corrected chi connectivity index (χ3v) is 7.91. The first-order valence-corrected chi connectivity index (χ1v) is 13.4. The standard InChI is InChI=1S/C21H20BrF3N2O5S2/c1-4-32-20(29)11(2)19-26-17(21(23,24)25)18(22)27(19)16-8-7-14(33-16)12-5-6-13(10-28)15(9-12)34(3,30)31/h5-9,11,28H,4,10H2,1-3H3. The quantitative estimate of drug-likeness (QED) is 0.397. The number of aliphatic hydroxyl groups excluding tert-OH is 1. The van der Waals surface area contributed by atoms with E-state index in [2.05, 4.69) is 20.9 Å². The van der Waals surface area contributed by atoms with E-state index in [0.29, 0.717) is 15.4 Å². The predicted octanol–water partition coefficient (Wildman–Crippen LogP) is 4.94. The van der Waals surface area contributed by atoms with Crippen molar-refractivity contribution in [1.29, 1.82) is 0 Å². The average Bonchev–Trinajstić information content (AvgIpc) is 3.36. The van der Waals surface area contributed by atoms with E-state index >= 15 is 0 Å². The lowest BCUT2D eigenvalue weighted by Gasteiger charge is -2.12. The van der Waals surface area contributed by atoms with Gasteiger partial charge in [-0.1, -0.05) is 12.1 Å². The highest BCUT2D eigenvalue weighted by molar-refractivity contribution is 9.10. The number of esters is 1. The number of ether oxygens (including phenoxy) is 1. The number of carbonyl (C=O) groups is 1. The largest absolute Gasteiger partial charge is 0.465 e. The Morgan fingerprint density at radius 3 is 2.53 bits per heavy atom. The Hall–Kier alpha value is -2.22. The molecule has 184 valence electrons. The van der Waals surface area contributed by atoms with E-state index in [0.717, 1.165) is 17.6 Å². The fourth-order valence-electron chi connectivity index (χ4n) is 3.26. The molecule has 0 amide bonds. The molecule has 34 heavy (non-hydrogen) atoms. The summed E-state index contributed by atoms with van der Waals surface area (Å²) < 4.78 is 70.8. The summed E-state index contributed by atoms with van der Waals surface area (Å²) in [6.07, 6.45) is -3.74. The van der Waals surface area contributed by atoms with Gasteiger partial charge in [0.15, 0.2) is 15.5 Å². The first-order chi connectivity index (χ1) is 15.8. The number of hydrogen-bond acceptors (Lipinski definition) is 7. The summed E-state index contributed by atoms with van der Waals surface area (Å²) in [4.78, 5) is 16.5. The average molecular weight is 581 g/mol. The number of halogens is 4. The van der Waals surface area contributed by atoms with Gasteiger partial charge in [0.05, 0.1) is 18.1 Å². The number of rotatable bonds is 7. The van der Waals surface area contributed by atoms with Crippen molar-refractivity contribution in [3.05, 3.63) is 52.0 Å². The Morgan fingerprint density at radius 1 is 1.29 bits per heavy atom. The van der Waals surface area contributed by atoms with Crippen LogP contribution < -0.4 is 0 Å². The van der Waals surface area contributed by atoms with Gasteiger partial charge in [-0.3, -0.25) is 9.36 Å². The van der Waals surface area contributed by atoms with Crippen molar-refractivity contribution in [2.75, 3.05) is 12.9 Å². The fourth-order valence-corrected chi connectivity index (χ4v) is 6.03. The van der Waals surface area contributed by atoms with Crippen LogP contribution in [0.5, 0.6) is 0 Å². The number of aliphatic hydroxyl groups is 1. The lowest BCUT2D eigenvalue weighted by Crippen LogP contribution is -2.17. The van der Waals surface area contributed by atoms with Gasteiger partial charge in [-0.15, -0.1) is 11.3 Å². The molecule has 2 heterocycles. The lowest BCUT2D eigenvalue weighted by atomic mass is 10.1. The van der Waals surface area contributed by atoms with E-state index in [1.165, 1.54) is 23.6 Å². The minimum atomic E-state index is -4.77. The Labute approximate surface area is 206 Å². The van der Waals surface area contributed by atoms with Gasteiger partial charge in [-0.2, -0.15) is 13.2 Å². The molecular formula is C21H20BrF3N2O5S2. The first kappa shape index (κ1) is 26.4. The molecule has 0 fully saturated rings. The topological polar surface area (TPSA) is 98.5 Å². The third-order valence-electron chi connectivity index (χ3n) is 4.88. The molecule has 13 heteroatoms. The molecule has 3 aromatic rings. The zero-order valence-electron chi connectivity index (χ0n) is 18.2. The number of sulfone groups is 1. The van der Waals surface area contributed by atoms with Gasteiger partial charge < -0.3 is 9.84 Å². The van der Waals surface area contributed by atoms with Crippen molar-refractivity contribution in [1.82, 2.24) is 9.55 Å². The second-order valence-electron chi connectivity index (χ2n) is 7.31. The molecule has 0 saturated carbocycles. The summed E-state index contributed by atoms with van der Waals surface area (Å²) in [6.45, 7) is 2.60. The Balaban J connectivity index is 2.15. The number of benzene rings is 1. The van der Waals surface area contributed by atoms with Crippen molar-refractivity contribution >= 4 is 43.1 Å². The minimum Gasteiger partial charge on any atom is -0.465 e. The maximum Gasteiger partial charge on any atom is 0.436 e. The van der Waals surface area contributed by atoms with Crippen molar-refractivity contribution in [3.63, 3.8) is 0 Å². The second-order valence-corrected chi connectivity index (χ2v) is 11.1. The predicted molar refractivity (Wildman–Crippen MR) is 124 cm³/mol. The molecule has 0 aliphatic rings. The molecule has 0 radical (unpaired) electrons. The number of carbonyl (C=O) groups excluding carboxylic acids is 1. The van der Waals surface area contributed by atoms with Gasteiger partial charge in [-0.05, 0) is 59.1 Å². The molecule has 1 aromatic carbocycles. The molecule has 1 N–H and O–H groups in total. The van der Waals surface area contributed by atoms with E-state index in [1.54, 1.807) is 25.1 Å². The maximum absolute atomic E-state index is 13.6. The molecule has 0 aliphatic heterocycles. The molecule has 0 saturated heterocycles. The van der Waals surface area contributed by atoms with Gasteiger partial charge in [0.25, 0.3) is 0 Å². The molecule has 1 atom stereocenters. The van der Waals surface area contributed by atoms with Crippen molar-refractivity contribution in [3.8, 4) is 15.4 Å². The molecular weight excluding hydrogens is 561 g/mol. The van der Waals surface area contributed by atoms with E-state index in [4.69, 9.17) is 4.74 Å². The molecule has 0 spiro atoms. The van der Waals surface area contributed by atoms with E-state index in [1.807, 2.05) is 0 Å². The smallest absolute Gasteiger partial charge is 0.436 e. The maximum atomic E-state index is 13.6. The van der Waals surface area contributed by atoms with Crippen molar-refractivity contribution in [2.24, 2.45) is 0 Å². The van der Waals surface area contributed by atoms with Crippen LogP contribution in [0.1, 0.15) is 36.8 Å². The summed E-state index contributed by atoms with van der Waals surface area (Å²) in [7, 11) is -3.63. The number of imidazole rings is 1. The highest BCUT2D eigenvalue weighted by Gasteiger charge is 2.40. The molecule has 7 nitrogen and oxygen atoms in total. The van der Waals surface area contributed by atoms with Gasteiger partial charge in [0.1, 0.15) is 21.3 Å². The van der Waals surface area contributed by atoms with Crippen LogP contribution >= 0.6 is 27.3 Å². The Morgan fingerprint density at radius 2 is 1.97 bits per heavy atom. The Kier molecular flexibility index (Phi) is 7.60. The monoisotopic (exact) mass is 580 g/mol. The van der Waals surface area contributed by atoms with E-state index in [9.17, 15) is 31.5 Å². The molecule has 3 rings (SSSR count). The number of alkyl halides is 3. The molecule has 0 aliphatic carbocycles. The van der Waals surface area contributed by atoms with E-state index < -0.39 is 40.2 Å². The number of hydrogen-bond donors (Lipinski definition) is 1. The Bertz CT molecular complexity index is 1330. The lowest BCUT2D eigenvalue weighted by molar-refractivity contribution is -0.145. The van der Waals surface area contributed by atoms with Crippen LogP contribution in [0.4, 0.5) is 13.2 Å². The zero-order chi connectivity index (χ0) is 25.4. The van der Waals surface area contributed by atoms with Crippen molar-refractivity contribution < 1.29 is 36.2 Å². The number of nitrogens with zero attached hydrogens (tertiary/aromatic N) is 2.